The quantitative estimate of drug-likeness (QED) is 0.0345. The van der Waals surface area contributed by atoms with Crippen molar-refractivity contribution in [1.82, 2.24) is 0 Å². The van der Waals surface area contributed by atoms with Gasteiger partial charge in [-0.1, -0.05) is 110 Å². The van der Waals surface area contributed by atoms with Crippen LogP contribution in [0.5, 0.6) is 51.7 Å². The topological polar surface area (TPSA) is 109 Å². The highest BCUT2D eigenvalue weighted by Crippen LogP contribution is 2.49. The Morgan fingerprint density at radius 3 is 1.68 bits per heavy atom. The van der Waals surface area contributed by atoms with Crippen LogP contribution < -0.4 is 42.6 Å². The van der Waals surface area contributed by atoms with Crippen molar-refractivity contribution in [3.8, 4) is 51.7 Å². The van der Waals surface area contributed by atoms with Crippen LogP contribution >= 0.6 is 0 Å². The number of hydrogen-bond donors (Lipinski definition) is 0. The number of esters is 1. The molecular weight excluding hydrogens is 887 g/mol. The number of halogens is 2. The molecule has 0 fully saturated rings. The molecule has 1 heterocycles. The van der Waals surface area contributed by atoms with Gasteiger partial charge in [-0.05, 0) is 70.1 Å². The molecule has 1 aliphatic rings. The fraction of sp³-hybridized carbons (Fsp3) is 0.554. The second kappa shape index (κ2) is 28.8. The van der Waals surface area contributed by atoms with Gasteiger partial charge < -0.3 is 47.4 Å². The minimum atomic E-state index is -1.28. The molecule has 380 valence electrons. The lowest BCUT2D eigenvalue weighted by atomic mass is 9.93. The van der Waals surface area contributed by atoms with E-state index in [2.05, 4.69) is 27.7 Å². The molecule has 13 heteroatoms. The first-order valence-electron chi connectivity index (χ1n) is 25.5. The highest BCUT2D eigenvalue weighted by molar-refractivity contribution is 5.92. The number of fused-ring (bicyclic) bond motifs is 1. The molecular formula is C56H76F2O11. The Morgan fingerprint density at radius 1 is 0.594 bits per heavy atom. The van der Waals surface area contributed by atoms with E-state index >= 15 is 8.78 Å². The Labute approximate surface area is 409 Å². The molecule has 0 unspecified atom stereocenters. The van der Waals surface area contributed by atoms with Crippen LogP contribution in [0.25, 0.3) is 0 Å². The van der Waals surface area contributed by atoms with Crippen molar-refractivity contribution in [1.29, 1.82) is 0 Å². The molecule has 5 rings (SSSR count). The summed E-state index contributed by atoms with van der Waals surface area (Å²) in [5, 5.41) is 0. The van der Waals surface area contributed by atoms with Gasteiger partial charge in [0.05, 0.1) is 45.7 Å². The smallest absolute Gasteiger partial charge is 0.344 e. The molecule has 0 saturated carbocycles. The van der Waals surface area contributed by atoms with Gasteiger partial charge in [-0.3, -0.25) is 0 Å². The van der Waals surface area contributed by atoms with Crippen LogP contribution in [0.3, 0.4) is 0 Å². The summed E-state index contributed by atoms with van der Waals surface area (Å²) in [6.07, 6.45) is 6.79. The normalized spacial score (nSPS) is 14.1. The number of carbonyl (C=O) groups excluding carboxylic acids is 1. The summed E-state index contributed by atoms with van der Waals surface area (Å²) < 4.78 is 97.4. The minimum Gasteiger partial charge on any atom is -0.493 e. The average Bonchev–Trinajstić information content (AvgIpc) is 3.33. The van der Waals surface area contributed by atoms with Crippen LogP contribution in [0.4, 0.5) is 8.78 Å². The zero-order valence-corrected chi connectivity index (χ0v) is 42.3. The molecule has 0 saturated heterocycles. The number of rotatable bonds is 32. The maximum atomic E-state index is 17.1. The van der Waals surface area contributed by atoms with Gasteiger partial charge in [0.15, 0.2) is 29.2 Å². The van der Waals surface area contributed by atoms with Gasteiger partial charge >= 0.3 is 5.97 Å². The van der Waals surface area contributed by atoms with Crippen molar-refractivity contribution < 1.29 is 60.9 Å². The van der Waals surface area contributed by atoms with Gasteiger partial charge in [-0.25, -0.2) is 13.6 Å². The summed E-state index contributed by atoms with van der Waals surface area (Å²) in [5.41, 5.74) is 1.07. The van der Waals surface area contributed by atoms with E-state index in [0.717, 1.165) is 69.8 Å². The Bertz CT molecular complexity index is 2180. The van der Waals surface area contributed by atoms with Crippen molar-refractivity contribution in [3.63, 3.8) is 0 Å². The summed E-state index contributed by atoms with van der Waals surface area (Å²) in [7, 11) is 0. The van der Waals surface area contributed by atoms with E-state index in [4.69, 9.17) is 47.4 Å². The Kier molecular flexibility index (Phi) is 22.7. The van der Waals surface area contributed by atoms with Crippen LogP contribution in [-0.4, -0.2) is 57.8 Å². The average molecular weight is 963 g/mol. The maximum absolute atomic E-state index is 17.1. The van der Waals surface area contributed by atoms with Crippen LogP contribution in [-0.2, 0) is 17.8 Å². The first-order valence-corrected chi connectivity index (χ1v) is 25.5. The van der Waals surface area contributed by atoms with Crippen molar-refractivity contribution >= 4 is 5.97 Å². The van der Waals surface area contributed by atoms with E-state index in [9.17, 15) is 4.79 Å². The highest BCUT2D eigenvalue weighted by atomic mass is 19.1. The lowest BCUT2D eigenvalue weighted by Gasteiger charge is -2.35. The van der Waals surface area contributed by atoms with Crippen LogP contribution in [0.15, 0.2) is 54.6 Å². The van der Waals surface area contributed by atoms with E-state index in [-0.39, 0.29) is 32.0 Å². The van der Waals surface area contributed by atoms with Gasteiger partial charge in [0, 0.05) is 29.7 Å². The number of ether oxygens (including phenoxy) is 10. The summed E-state index contributed by atoms with van der Waals surface area (Å²) in [5.74, 6) is -2.16. The molecule has 0 bridgehead atoms. The maximum Gasteiger partial charge on any atom is 0.344 e. The van der Waals surface area contributed by atoms with Gasteiger partial charge in [0.1, 0.15) is 35.5 Å². The van der Waals surface area contributed by atoms with Crippen molar-refractivity contribution in [2.75, 3.05) is 39.6 Å². The second-order valence-corrected chi connectivity index (χ2v) is 17.6. The second-order valence-electron chi connectivity index (χ2n) is 17.6. The molecule has 11 nitrogen and oxygen atoms in total. The number of unbranched alkanes of at least 4 members (excludes halogenated alkanes) is 6. The first kappa shape index (κ1) is 54.4. The summed E-state index contributed by atoms with van der Waals surface area (Å²) >= 11 is 0. The molecule has 69 heavy (non-hydrogen) atoms. The third-order valence-corrected chi connectivity index (χ3v) is 11.3. The predicted octanol–water partition coefficient (Wildman–Crippen LogP) is 14.3. The van der Waals surface area contributed by atoms with E-state index in [0.29, 0.717) is 84.9 Å². The lowest BCUT2D eigenvalue weighted by Crippen LogP contribution is -2.35. The van der Waals surface area contributed by atoms with Crippen LogP contribution in [0.1, 0.15) is 166 Å². The molecule has 4 aromatic rings. The summed E-state index contributed by atoms with van der Waals surface area (Å²) in [6.45, 7) is 17.8. The Hall–Kier alpha value is -5.59. The number of benzene rings is 4. The monoisotopic (exact) mass is 963 g/mol. The molecule has 0 aromatic heterocycles. The van der Waals surface area contributed by atoms with Gasteiger partial charge in [0.2, 0.25) is 23.0 Å². The van der Waals surface area contributed by atoms with Crippen molar-refractivity contribution in [2.45, 2.75) is 164 Å². The number of hydrogen-bond acceptors (Lipinski definition) is 11. The molecule has 0 N–H and O–H groups in total. The Morgan fingerprint density at radius 2 is 1.10 bits per heavy atom. The van der Waals surface area contributed by atoms with Gasteiger partial charge in [-0.15, -0.1) is 0 Å². The van der Waals surface area contributed by atoms with Crippen molar-refractivity contribution in [2.24, 2.45) is 0 Å². The SMILES string of the molecule is CCCCOc1cc(OCCCC)c2c(c1)O[C@@H](c1cc(OCCCC)c(OCCCC)c(OCc3ccccc3)c1)[C@H](OC(=O)c1c(F)c(OCCCC)c(OCCCC)c(OC(C)C)c1F)C2. The molecule has 1 aliphatic heterocycles. The molecule has 0 spiro atoms. The van der Waals surface area contributed by atoms with E-state index in [1.54, 1.807) is 26.0 Å². The van der Waals surface area contributed by atoms with E-state index in [1.807, 2.05) is 56.3 Å². The van der Waals surface area contributed by atoms with Crippen LogP contribution in [0.2, 0.25) is 0 Å². The van der Waals surface area contributed by atoms with Gasteiger partial charge in [-0.2, -0.15) is 0 Å². The molecule has 0 aliphatic carbocycles. The standard InChI is InChI=1S/C56H76F2O11/c1-9-15-26-60-41-34-43(61-27-16-10-2)42-36-47(69-56(59)48-49(57)53(64-30-19-13-5)55(65-31-20-14-6)54(50(48)58)67-38(7)8)51(68-44(42)35-41)40-32-45(62-28-17-11-3)52(63-29-18-12-4)46(33-40)66-37-39-24-22-21-23-25-39/h21-25,32-35,38,47,51H,9-20,26-31,36-37H2,1-8H3/t47-,51+/m1/s1. The fourth-order valence-electron chi connectivity index (χ4n) is 7.42. The third kappa shape index (κ3) is 15.5. The molecule has 0 amide bonds. The lowest BCUT2D eigenvalue weighted by molar-refractivity contribution is -0.0199. The molecule has 2 atom stereocenters. The van der Waals surface area contributed by atoms with Crippen LogP contribution in [0, 0.1) is 11.6 Å². The highest BCUT2D eigenvalue weighted by Gasteiger charge is 2.41. The third-order valence-electron chi connectivity index (χ3n) is 11.3. The van der Waals surface area contributed by atoms with E-state index < -0.39 is 53.0 Å². The zero-order valence-electron chi connectivity index (χ0n) is 42.3. The largest absolute Gasteiger partial charge is 0.493 e. The first-order chi connectivity index (χ1) is 33.6. The molecule has 4 aromatic carbocycles. The van der Waals surface area contributed by atoms with Crippen molar-refractivity contribution in [3.05, 3.63) is 88.5 Å². The predicted molar refractivity (Wildman–Crippen MR) is 264 cm³/mol. The summed E-state index contributed by atoms with van der Waals surface area (Å²) in [4.78, 5) is 14.8. The molecule has 0 radical (unpaired) electrons. The Balaban J connectivity index is 1.71. The zero-order chi connectivity index (χ0) is 49.5. The fourth-order valence-corrected chi connectivity index (χ4v) is 7.42. The number of carbonyl (C=O) groups is 1. The van der Waals surface area contributed by atoms with E-state index in [1.165, 1.54) is 0 Å². The van der Waals surface area contributed by atoms with Gasteiger partial charge in [0.25, 0.3) is 0 Å². The minimum absolute atomic E-state index is 0.0417. The summed E-state index contributed by atoms with van der Waals surface area (Å²) in [6, 6.07) is 17.0.